The fraction of sp³-hybridized carbons (Fsp3) is 0.0667. The van der Waals surface area contributed by atoms with Crippen LogP contribution in [0.5, 0.6) is 0 Å². The van der Waals surface area contributed by atoms with E-state index in [0.717, 1.165) is 0 Å². The second-order valence-electron chi connectivity index (χ2n) is 9.35. The summed E-state index contributed by atoms with van der Waals surface area (Å²) in [7, 11) is -3.95. The Morgan fingerprint density at radius 3 is 2.16 bits per heavy atom. The summed E-state index contributed by atoms with van der Waals surface area (Å²) in [5.74, 6) is -0.449. The van der Waals surface area contributed by atoms with E-state index in [9.17, 15) is 18.0 Å². The van der Waals surface area contributed by atoms with Gasteiger partial charge in [-0.05, 0) is 79.7 Å². The van der Waals surface area contributed by atoms with Crippen LogP contribution in [-0.4, -0.2) is 46.8 Å². The first kappa shape index (κ1) is 28.2. The number of esters is 1. The number of anilines is 2. The van der Waals surface area contributed by atoms with Gasteiger partial charge in [-0.2, -0.15) is 0 Å². The van der Waals surface area contributed by atoms with Gasteiger partial charge in [-0.1, -0.05) is 0 Å². The fourth-order valence-corrected chi connectivity index (χ4v) is 5.11. The van der Waals surface area contributed by atoms with Gasteiger partial charge in [0.1, 0.15) is 11.4 Å². The number of sulfonamides is 1. The minimum absolute atomic E-state index is 0.0563. The second kappa shape index (κ2) is 11.8. The Labute approximate surface area is 250 Å². The molecule has 0 spiro atoms. The van der Waals surface area contributed by atoms with Crippen molar-refractivity contribution in [1.82, 2.24) is 19.9 Å². The molecule has 0 fully saturated rings. The Bertz CT molecular complexity index is 2080. The number of aromatic nitrogens is 4. The lowest BCUT2D eigenvalue weighted by Gasteiger charge is -2.10. The van der Waals surface area contributed by atoms with Gasteiger partial charge in [0.15, 0.2) is 18.1 Å². The smallest absolute Gasteiger partial charge is 0.338 e. The summed E-state index contributed by atoms with van der Waals surface area (Å²) in [4.78, 5) is 42.4. The molecule has 0 atom stereocenters. The summed E-state index contributed by atoms with van der Waals surface area (Å²) in [5.41, 5.74) is 2.89. The van der Waals surface area contributed by atoms with Gasteiger partial charge in [0.25, 0.3) is 15.9 Å². The van der Waals surface area contributed by atoms with E-state index < -0.39 is 28.5 Å². The second-order valence-corrected chi connectivity index (χ2v) is 11.0. The first-order chi connectivity index (χ1) is 21.2. The normalized spacial score (nSPS) is 11.3. The summed E-state index contributed by atoms with van der Waals surface area (Å²) < 4.78 is 43.8. The topological polar surface area (TPSA) is 179 Å². The number of nitrogens with one attached hydrogen (secondary N) is 2. The highest BCUT2D eigenvalue weighted by atomic mass is 32.2. The standard InChI is InChI=1S/C30H22N6O7S/c1-18-12-13-31-30(32-18)36-44(39,40)21-9-7-20(8-10-21)33-26(37)17-43-29(38)19-6-11-22-23(16-19)35-28(25-5-3-15-42-25)27(34-22)24-4-2-14-41-24/h2-16H,17H2,1H3,(H,33,37)(H,31,32,36). The summed E-state index contributed by atoms with van der Waals surface area (Å²) in [6.45, 7) is 1.13. The molecule has 1 amide bonds. The average molecular weight is 611 g/mol. The molecule has 2 aromatic carbocycles. The van der Waals surface area contributed by atoms with Crippen LogP contribution in [-0.2, 0) is 19.6 Å². The number of carbonyl (C=O) groups excluding carboxylic acids is 2. The number of furan rings is 2. The Morgan fingerprint density at radius 1 is 0.841 bits per heavy atom. The van der Waals surface area contributed by atoms with E-state index in [0.29, 0.717) is 45.3 Å². The monoisotopic (exact) mass is 610 g/mol. The van der Waals surface area contributed by atoms with Gasteiger partial charge in [-0.15, -0.1) is 0 Å². The highest BCUT2D eigenvalue weighted by Crippen LogP contribution is 2.31. The molecule has 4 aromatic heterocycles. The van der Waals surface area contributed by atoms with E-state index in [1.165, 1.54) is 55.1 Å². The minimum atomic E-state index is -3.95. The molecule has 220 valence electrons. The van der Waals surface area contributed by atoms with Crippen molar-refractivity contribution in [3.8, 4) is 22.9 Å². The van der Waals surface area contributed by atoms with Gasteiger partial charge in [0.05, 0.1) is 34.0 Å². The first-order valence-electron chi connectivity index (χ1n) is 13.0. The third kappa shape index (κ3) is 6.15. The molecule has 2 N–H and O–H groups in total. The van der Waals surface area contributed by atoms with Crippen LogP contribution < -0.4 is 10.0 Å². The molecule has 0 saturated heterocycles. The van der Waals surface area contributed by atoms with Gasteiger partial charge in [-0.3, -0.25) is 4.79 Å². The predicted molar refractivity (Wildman–Crippen MR) is 158 cm³/mol. The molecule has 0 aliphatic rings. The van der Waals surface area contributed by atoms with E-state index in [2.05, 4.69) is 30.0 Å². The SMILES string of the molecule is Cc1ccnc(NS(=O)(=O)c2ccc(NC(=O)COC(=O)c3ccc4nc(-c5ccco5)c(-c5ccco5)nc4c3)cc2)n1. The quantitative estimate of drug-likeness (QED) is 0.214. The molecule has 0 aliphatic carbocycles. The maximum atomic E-state index is 12.8. The molecule has 14 heteroatoms. The summed E-state index contributed by atoms with van der Waals surface area (Å²) >= 11 is 0. The van der Waals surface area contributed by atoms with Crippen LogP contribution in [0.25, 0.3) is 33.9 Å². The molecule has 0 aliphatic heterocycles. The Hall–Kier alpha value is -5.89. The number of rotatable bonds is 9. The van der Waals surface area contributed by atoms with Crippen LogP contribution in [0.1, 0.15) is 16.1 Å². The lowest BCUT2D eigenvalue weighted by molar-refractivity contribution is -0.119. The molecule has 0 bridgehead atoms. The summed E-state index contributed by atoms with van der Waals surface area (Å²) in [6.07, 6.45) is 4.49. The van der Waals surface area contributed by atoms with Gasteiger partial charge in [-0.25, -0.2) is 37.9 Å². The van der Waals surface area contributed by atoms with Crippen LogP contribution in [0.3, 0.4) is 0 Å². The van der Waals surface area contributed by atoms with Crippen molar-refractivity contribution in [3.63, 3.8) is 0 Å². The van der Waals surface area contributed by atoms with Crippen molar-refractivity contribution >= 4 is 44.6 Å². The fourth-order valence-electron chi connectivity index (χ4n) is 4.16. The molecular formula is C30H22N6O7S. The molecule has 0 radical (unpaired) electrons. The minimum Gasteiger partial charge on any atom is -0.463 e. The predicted octanol–water partition coefficient (Wildman–Crippen LogP) is 4.84. The Kier molecular flexibility index (Phi) is 7.56. The number of ether oxygens (including phenoxy) is 1. The van der Waals surface area contributed by atoms with E-state index in [-0.39, 0.29) is 16.4 Å². The summed E-state index contributed by atoms with van der Waals surface area (Å²) in [5, 5.41) is 2.56. The lowest BCUT2D eigenvalue weighted by Crippen LogP contribution is -2.21. The number of aryl methyl sites for hydroxylation is 1. The highest BCUT2D eigenvalue weighted by molar-refractivity contribution is 7.92. The van der Waals surface area contributed by atoms with Gasteiger partial charge < -0.3 is 18.9 Å². The molecule has 4 heterocycles. The largest absolute Gasteiger partial charge is 0.463 e. The molecule has 44 heavy (non-hydrogen) atoms. The highest BCUT2D eigenvalue weighted by Gasteiger charge is 2.19. The average Bonchev–Trinajstić information content (AvgIpc) is 3.74. The third-order valence-corrected chi connectivity index (χ3v) is 7.56. The van der Waals surface area contributed by atoms with E-state index >= 15 is 0 Å². The third-order valence-electron chi connectivity index (χ3n) is 6.21. The Balaban J connectivity index is 1.11. The molecular weight excluding hydrogens is 588 g/mol. The van der Waals surface area contributed by atoms with Crippen molar-refractivity contribution in [2.75, 3.05) is 16.6 Å². The zero-order valence-corrected chi connectivity index (χ0v) is 23.7. The number of amides is 1. The lowest BCUT2D eigenvalue weighted by atomic mass is 10.1. The molecule has 0 unspecified atom stereocenters. The first-order valence-corrected chi connectivity index (χ1v) is 14.5. The number of hydrogen-bond acceptors (Lipinski definition) is 11. The zero-order valence-electron chi connectivity index (χ0n) is 22.9. The van der Waals surface area contributed by atoms with Crippen LogP contribution in [0.2, 0.25) is 0 Å². The van der Waals surface area contributed by atoms with Crippen molar-refractivity contribution in [2.24, 2.45) is 0 Å². The number of fused-ring (bicyclic) bond motifs is 1. The van der Waals surface area contributed by atoms with Gasteiger partial charge in [0, 0.05) is 17.6 Å². The number of nitrogens with zero attached hydrogens (tertiary/aromatic N) is 4. The van der Waals surface area contributed by atoms with Crippen LogP contribution >= 0.6 is 0 Å². The number of benzene rings is 2. The van der Waals surface area contributed by atoms with Crippen LogP contribution in [0, 0.1) is 6.92 Å². The van der Waals surface area contributed by atoms with Crippen molar-refractivity contribution in [1.29, 1.82) is 0 Å². The molecule has 0 saturated carbocycles. The van der Waals surface area contributed by atoms with Crippen LogP contribution in [0.4, 0.5) is 11.6 Å². The van der Waals surface area contributed by atoms with E-state index in [1.807, 2.05) is 0 Å². The van der Waals surface area contributed by atoms with E-state index in [1.54, 1.807) is 43.3 Å². The van der Waals surface area contributed by atoms with Crippen LogP contribution in [0.15, 0.2) is 105 Å². The van der Waals surface area contributed by atoms with Crippen molar-refractivity contribution in [3.05, 3.63) is 103 Å². The van der Waals surface area contributed by atoms with E-state index in [4.69, 9.17) is 13.6 Å². The van der Waals surface area contributed by atoms with Gasteiger partial charge in [0.2, 0.25) is 5.95 Å². The number of hydrogen-bond donors (Lipinski definition) is 2. The number of carbonyl (C=O) groups is 2. The molecule has 13 nitrogen and oxygen atoms in total. The maximum absolute atomic E-state index is 12.8. The maximum Gasteiger partial charge on any atom is 0.338 e. The molecule has 6 rings (SSSR count). The zero-order chi connectivity index (χ0) is 30.7. The summed E-state index contributed by atoms with van der Waals surface area (Å²) in [6, 6.07) is 18.7. The molecule has 6 aromatic rings. The van der Waals surface area contributed by atoms with Crippen molar-refractivity contribution in [2.45, 2.75) is 11.8 Å². The Morgan fingerprint density at radius 2 is 1.52 bits per heavy atom. The van der Waals surface area contributed by atoms with Crippen molar-refractivity contribution < 1.29 is 31.6 Å². The van der Waals surface area contributed by atoms with Gasteiger partial charge >= 0.3 is 5.97 Å².